The molecule has 110 valence electrons. The maximum absolute atomic E-state index is 12.3. The minimum atomic E-state index is -0.672. The highest BCUT2D eigenvalue weighted by Crippen LogP contribution is 2.28. The molecule has 0 aromatic carbocycles. The average molecular weight is 269 g/mol. The number of carbonyl (C=O) groups excluding carboxylic acids is 2. The van der Waals surface area contributed by atoms with Crippen LogP contribution in [-0.2, 0) is 9.59 Å². The van der Waals surface area contributed by atoms with E-state index in [1.165, 1.54) is 6.92 Å². The van der Waals surface area contributed by atoms with Crippen molar-refractivity contribution < 1.29 is 9.59 Å². The first-order valence-corrected chi connectivity index (χ1v) is 7.38. The maximum Gasteiger partial charge on any atom is 0.245 e. The predicted octanol–water partition coefficient (Wildman–Crippen LogP) is 0.941. The lowest BCUT2D eigenvalue weighted by molar-refractivity contribution is -0.134. The van der Waals surface area contributed by atoms with Gasteiger partial charge in [-0.25, -0.2) is 0 Å². The van der Waals surface area contributed by atoms with E-state index in [1.807, 2.05) is 0 Å². The summed E-state index contributed by atoms with van der Waals surface area (Å²) in [5.41, 5.74) is -0.672. The van der Waals surface area contributed by atoms with Gasteiger partial charge in [0.05, 0.1) is 0 Å². The SMILES string of the molecule is CCCNCCNC(=O)C1(NC(C)=O)CCCCC1. The quantitative estimate of drug-likeness (QED) is 0.602. The van der Waals surface area contributed by atoms with Crippen LogP contribution >= 0.6 is 0 Å². The summed E-state index contributed by atoms with van der Waals surface area (Å²) < 4.78 is 0. The molecule has 0 aliphatic heterocycles. The number of amides is 2. The molecule has 1 aliphatic carbocycles. The van der Waals surface area contributed by atoms with Crippen LogP contribution in [0.25, 0.3) is 0 Å². The van der Waals surface area contributed by atoms with Crippen molar-refractivity contribution in [3.05, 3.63) is 0 Å². The van der Waals surface area contributed by atoms with Gasteiger partial charge in [-0.1, -0.05) is 26.2 Å². The van der Waals surface area contributed by atoms with Crippen LogP contribution in [0.2, 0.25) is 0 Å². The molecule has 0 spiro atoms. The van der Waals surface area contributed by atoms with E-state index in [0.29, 0.717) is 6.54 Å². The highest BCUT2D eigenvalue weighted by atomic mass is 16.2. The molecule has 0 aromatic heterocycles. The Kier molecular flexibility index (Phi) is 6.84. The van der Waals surface area contributed by atoms with E-state index in [1.54, 1.807) is 0 Å². The van der Waals surface area contributed by atoms with Crippen LogP contribution in [0, 0.1) is 0 Å². The van der Waals surface area contributed by atoms with Crippen molar-refractivity contribution in [2.24, 2.45) is 0 Å². The summed E-state index contributed by atoms with van der Waals surface area (Å²) in [4.78, 5) is 23.7. The fourth-order valence-electron chi connectivity index (χ4n) is 2.64. The van der Waals surface area contributed by atoms with Gasteiger partial charge in [0.15, 0.2) is 0 Å². The molecule has 5 heteroatoms. The fourth-order valence-corrected chi connectivity index (χ4v) is 2.64. The Morgan fingerprint density at radius 3 is 2.32 bits per heavy atom. The summed E-state index contributed by atoms with van der Waals surface area (Å²) in [6.07, 6.45) is 5.74. The van der Waals surface area contributed by atoms with Crippen molar-refractivity contribution in [2.75, 3.05) is 19.6 Å². The zero-order valence-electron chi connectivity index (χ0n) is 12.2. The Morgan fingerprint density at radius 1 is 1.05 bits per heavy atom. The van der Waals surface area contributed by atoms with Gasteiger partial charge in [0.1, 0.15) is 5.54 Å². The van der Waals surface area contributed by atoms with Gasteiger partial charge in [-0.2, -0.15) is 0 Å². The van der Waals surface area contributed by atoms with Gasteiger partial charge < -0.3 is 16.0 Å². The predicted molar refractivity (Wildman–Crippen MR) is 75.8 cm³/mol. The Bertz CT molecular complexity index is 299. The molecule has 3 N–H and O–H groups in total. The summed E-state index contributed by atoms with van der Waals surface area (Å²) in [5.74, 6) is -0.151. The zero-order valence-corrected chi connectivity index (χ0v) is 12.2. The normalized spacial score (nSPS) is 17.8. The zero-order chi connectivity index (χ0) is 14.1. The standard InChI is InChI=1S/C14H27N3O2/c1-3-9-15-10-11-16-13(19)14(17-12(2)18)7-5-4-6-8-14/h15H,3-11H2,1-2H3,(H,16,19)(H,17,18). The molecule has 1 fully saturated rings. The van der Waals surface area contributed by atoms with Crippen LogP contribution in [0.5, 0.6) is 0 Å². The third-order valence-corrected chi connectivity index (χ3v) is 3.57. The van der Waals surface area contributed by atoms with E-state index < -0.39 is 5.54 Å². The topological polar surface area (TPSA) is 70.2 Å². The minimum absolute atomic E-state index is 0.0271. The number of hydrogen-bond donors (Lipinski definition) is 3. The molecule has 0 unspecified atom stereocenters. The third-order valence-electron chi connectivity index (χ3n) is 3.57. The number of nitrogens with one attached hydrogen (secondary N) is 3. The van der Waals surface area contributed by atoms with Crippen LogP contribution in [0.3, 0.4) is 0 Å². The van der Waals surface area contributed by atoms with Crippen molar-refractivity contribution in [1.29, 1.82) is 0 Å². The fraction of sp³-hybridized carbons (Fsp3) is 0.857. The minimum Gasteiger partial charge on any atom is -0.353 e. The second-order valence-electron chi connectivity index (χ2n) is 5.33. The molecular formula is C14H27N3O2. The van der Waals surface area contributed by atoms with Crippen LogP contribution in [0.15, 0.2) is 0 Å². The largest absolute Gasteiger partial charge is 0.353 e. The molecule has 0 bridgehead atoms. The van der Waals surface area contributed by atoms with Crippen molar-refractivity contribution in [3.8, 4) is 0 Å². The molecule has 0 radical (unpaired) electrons. The Morgan fingerprint density at radius 2 is 1.74 bits per heavy atom. The molecule has 1 rings (SSSR count). The van der Waals surface area contributed by atoms with Gasteiger partial charge >= 0.3 is 0 Å². The summed E-state index contributed by atoms with van der Waals surface area (Å²) in [6, 6.07) is 0. The maximum atomic E-state index is 12.3. The van der Waals surface area contributed by atoms with E-state index in [4.69, 9.17) is 0 Å². The van der Waals surface area contributed by atoms with Gasteiger partial charge in [-0.05, 0) is 25.8 Å². The van der Waals surface area contributed by atoms with Gasteiger partial charge in [0, 0.05) is 20.0 Å². The second-order valence-corrected chi connectivity index (χ2v) is 5.33. The molecule has 0 atom stereocenters. The molecule has 5 nitrogen and oxygen atoms in total. The molecule has 1 saturated carbocycles. The highest BCUT2D eigenvalue weighted by molar-refractivity contribution is 5.91. The van der Waals surface area contributed by atoms with Crippen molar-refractivity contribution in [3.63, 3.8) is 0 Å². The average Bonchev–Trinajstić information content (AvgIpc) is 2.38. The highest BCUT2D eigenvalue weighted by Gasteiger charge is 2.39. The summed E-state index contributed by atoms with van der Waals surface area (Å²) in [5, 5.41) is 9.06. The Balaban J connectivity index is 2.45. The second kappa shape index (κ2) is 8.15. The van der Waals surface area contributed by atoms with Crippen LogP contribution in [0.4, 0.5) is 0 Å². The van der Waals surface area contributed by atoms with E-state index in [-0.39, 0.29) is 11.8 Å². The number of rotatable bonds is 7. The van der Waals surface area contributed by atoms with E-state index in [2.05, 4.69) is 22.9 Å². The van der Waals surface area contributed by atoms with E-state index in [9.17, 15) is 9.59 Å². The molecule has 2 amide bonds. The molecule has 0 saturated heterocycles. The lowest BCUT2D eigenvalue weighted by Gasteiger charge is -2.36. The lowest BCUT2D eigenvalue weighted by Crippen LogP contribution is -2.59. The monoisotopic (exact) mass is 269 g/mol. The van der Waals surface area contributed by atoms with Crippen molar-refractivity contribution in [2.45, 2.75) is 57.9 Å². The number of hydrogen-bond acceptors (Lipinski definition) is 3. The number of carbonyl (C=O) groups is 2. The van der Waals surface area contributed by atoms with Crippen molar-refractivity contribution >= 4 is 11.8 Å². The summed E-state index contributed by atoms with van der Waals surface area (Å²) in [7, 11) is 0. The smallest absolute Gasteiger partial charge is 0.245 e. The Hall–Kier alpha value is -1.10. The van der Waals surface area contributed by atoms with Crippen LogP contribution in [0.1, 0.15) is 52.4 Å². The molecular weight excluding hydrogens is 242 g/mol. The lowest BCUT2D eigenvalue weighted by atomic mass is 9.80. The van der Waals surface area contributed by atoms with Gasteiger partial charge in [0.25, 0.3) is 0 Å². The van der Waals surface area contributed by atoms with Gasteiger partial charge in [-0.3, -0.25) is 9.59 Å². The van der Waals surface area contributed by atoms with Crippen LogP contribution < -0.4 is 16.0 Å². The van der Waals surface area contributed by atoms with Gasteiger partial charge in [0.2, 0.25) is 11.8 Å². The molecule has 0 heterocycles. The van der Waals surface area contributed by atoms with Crippen molar-refractivity contribution in [1.82, 2.24) is 16.0 Å². The van der Waals surface area contributed by atoms with E-state index >= 15 is 0 Å². The summed E-state index contributed by atoms with van der Waals surface area (Å²) in [6.45, 7) is 5.94. The summed E-state index contributed by atoms with van der Waals surface area (Å²) >= 11 is 0. The van der Waals surface area contributed by atoms with E-state index in [0.717, 1.165) is 51.6 Å². The molecule has 0 aromatic rings. The molecule has 19 heavy (non-hydrogen) atoms. The van der Waals surface area contributed by atoms with Gasteiger partial charge in [-0.15, -0.1) is 0 Å². The first kappa shape index (κ1) is 16.0. The van der Waals surface area contributed by atoms with Crippen LogP contribution in [-0.4, -0.2) is 37.0 Å². The first-order chi connectivity index (χ1) is 9.10. The molecule has 1 aliphatic rings. The Labute approximate surface area is 115 Å². The third kappa shape index (κ3) is 5.19. The first-order valence-electron chi connectivity index (χ1n) is 7.38.